The Morgan fingerprint density at radius 2 is 1.86 bits per heavy atom. The first-order valence-electron chi connectivity index (χ1n) is 8.65. The molecule has 0 bridgehead atoms. The van der Waals surface area contributed by atoms with E-state index in [0.29, 0.717) is 24.9 Å². The van der Waals surface area contributed by atoms with Gasteiger partial charge in [-0.1, -0.05) is 0 Å². The number of benzene rings is 2. The predicted octanol–water partition coefficient (Wildman–Crippen LogP) is 3.36. The van der Waals surface area contributed by atoms with E-state index < -0.39 is 28.4 Å². The van der Waals surface area contributed by atoms with Crippen LogP contribution in [0.3, 0.4) is 0 Å². The number of piperidine rings is 1. The Morgan fingerprint density at radius 3 is 2.54 bits per heavy atom. The van der Waals surface area contributed by atoms with Crippen LogP contribution in [0.25, 0.3) is 0 Å². The number of halogens is 2. The van der Waals surface area contributed by atoms with E-state index in [4.69, 9.17) is 0 Å². The van der Waals surface area contributed by atoms with E-state index in [9.17, 15) is 28.5 Å². The first kappa shape index (κ1) is 19.4. The molecule has 9 heteroatoms. The van der Waals surface area contributed by atoms with E-state index in [0.717, 1.165) is 18.2 Å². The molecule has 1 aliphatic heterocycles. The summed E-state index contributed by atoms with van der Waals surface area (Å²) in [5, 5.41) is 13.2. The fourth-order valence-corrected chi connectivity index (χ4v) is 3.11. The summed E-state index contributed by atoms with van der Waals surface area (Å²) in [6, 6.07) is 8.00. The third kappa shape index (κ3) is 4.30. The van der Waals surface area contributed by atoms with Gasteiger partial charge in [0.05, 0.1) is 16.5 Å². The van der Waals surface area contributed by atoms with Crippen LogP contribution in [-0.4, -0.2) is 34.7 Å². The average Bonchev–Trinajstić information content (AvgIpc) is 2.69. The average molecular weight is 389 g/mol. The van der Waals surface area contributed by atoms with Crippen LogP contribution in [-0.2, 0) is 4.79 Å². The number of carbonyl (C=O) groups is 2. The lowest BCUT2D eigenvalue weighted by Gasteiger charge is -2.32. The summed E-state index contributed by atoms with van der Waals surface area (Å²) in [6.45, 7) is 0.573. The molecule has 1 atom stereocenters. The van der Waals surface area contributed by atoms with Gasteiger partial charge in [0.1, 0.15) is 11.6 Å². The number of carbonyl (C=O) groups excluding carboxylic acids is 2. The van der Waals surface area contributed by atoms with Crippen LogP contribution in [0.5, 0.6) is 0 Å². The molecular weight excluding hydrogens is 372 g/mol. The number of nitrogens with zero attached hydrogens (tertiary/aromatic N) is 2. The highest BCUT2D eigenvalue weighted by Gasteiger charge is 2.29. The number of nitrogens with one attached hydrogen (secondary N) is 1. The number of rotatable bonds is 4. The third-order valence-electron chi connectivity index (χ3n) is 4.59. The van der Waals surface area contributed by atoms with Crippen molar-refractivity contribution in [1.82, 2.24) is 4.90 Å². The SMILES string of the molecule is O=C(Nc1cc([N+](=O)[O-])ccc1F)C1CCCN(C(=O)c2ccc(F)cc2)C1. The van der Waals surface area contributed by atoms with E-state index in [1.807, 2.05) is 0 Å². The van der Waals surface area contributed by atoms with Crippen molar-refractivity contribution in [3.05, 3.63) is 69.8 Å². The van der Waals surface area contributed by atoms with Gasteiger partial charge in [0.2, 0.25) is 5.91 Å². The van der Waals surface area contributed by atoms with Gasteiger partial charge in [-0.05, 0) is 43.2 Å². The van der Waals surface area contributed by atoms with Gasteiger partial charge in [0, 0.05) is 30.8 Å². The first-order valence-corrected chi connectivity index (χ1v) is 8.65. The number of nitro groups is 1. The summed E-state index contributed by atoms with van der Waals surface area (Å²) in [5.74, 6) is -2.66. The first-order chi connectivity index (χ1) is 13.3. The second kappa shape index (κ2) is 8.12. The zero-order valence-electron chi connectivity index (χ0n) is 14.7. The van der Waals surface area contributed by atoms with Crippen LogP contribution >= 0.6 is 0 Å². The minimum atomic E-state index is -0.783. The van der Waals surface area contributed by atoms with Crippen molar-refractivity contribution in [2.75, 3.05) is 18.4 Å². The molecule has 0 saturated carbocycles. The molecule has 1 fully saturated rings. The van der Waals surface area contributed by atoms with E-state index in [1.54, 1.807) is 0 Å². The molecule has 1 N–H and O–H groups in total. The molecule has 1 saturated heterocycles. The molecule has 1 unspecified atom stereocenters. The highest BCUT2D eigenvalue weighted by molar-refractivity contribution is 5.96. The third-order valence-corrected chi connectivity index (χ3v) is 4.59. The Kier molecular flexibility index (Phi) is 5.62. The highest BCUT2D eigenvalue weighted by Crippen LogP contribution is 2.24. The number of amides is 2. The summed E-state index contributed by atoms with van der Waals surface area (Å²) in [7, 11) is 0. The Balaban J connectivity index is 1.69. The van der Waals surface area contributed by atoms with Crippen LogP contribution in [0.1, 0.15) is 23.2 Å². The topological polar surface area (TPSA) is 92.5 Å². The normalized spacial score (nSPS) is 16.5. The van der Waals surface area contributed by atoms with Crippen LogP contribution in [0, 0.1) is 27.7 Å². The summed E-state index contributed by atoms with van der Waals surface area (Å²) in [4.78, 5) is 36.7. The van der Waals surface area contributed by atoms with Crippen molar-refractivity contribution in [2.24, 2.45) is 5.92 Å². The van der Waals surface area contributed by atoms with E-state index in [-0.39, 0.29) is 23.8 Å². The zero-order valence-corrected chi connectivity index (χ0v) is 14.7. The number of nitro benzene ring substituents is 1. The van der Waals surface area contributed by atoms with Crippen LogP contribution in [0.4, 0.5) is 20.2 Å². The monoisotopic (exact) mass is 389 g/mol. The molecular formula is C19H17F2N3O4. The number of hydrogen-bond donors (Lipinski definition) is 1. The van der Waals surface area contributed by atoms with E-state index in [1.165, 1.54) is 29.2 Å². The van der Waals surface area contributed by atoms with E-state index >= 15 is 0 Å². The van der Waals surface area contributed by atoms with Gasteiger partial charge in [0.15, 0.2) is 0 Å². The second-order valence-electron chi connectivity index (χ2n) is 6.51. The fraction of sp³-hybridized carbons (Fsp3) is 0.263. The summed E-state index contributed by atoms with van der Waals surface area (Å²) in [6.07, 6.45) is 1.07. The van der Waals surface area contributed by atoms with Gasteiger partial charge >= 0.3 is 0 Å². The molecule has 0 aromatic heterocycles. The molecule has 28 heavy (non-hydrogen) atoms. The Morgan fingerprint density at radius 1 is 1.14 bits per heavy atom. The van der Waals surface area contributed by atoms with Crippen LogP contribution in [0.15, 0.2) is 42.5 Å². The molecule has 0 radical (unpaired) electrons. The van der Waals surface area contributed by atoms with Gasteiger partial charge in [-0.2, -0.15) is 0 Å². The van der Waals surface area contributed by atoms with Gasteiger partial charge in [-0.25, -0.2) is 8.78 Å². The van der Waals surface area contributed by atoms with Crippen molar-refractivity contribution in [1.29, 1.82) is 0 Å². The van der Waals surface area contributed by atoms with Crippen molar-refractivity contribution < 1.29 is 23.3 Å². The molecule has 1 aliphatic rings. The predicted molar refractivity (Wildman–Crippen MR) is 96.7 cm³/mol. The molecule has 7 nitrogen and oxygen atoms in total. The maximum atomic E-state index is 13.9. The fourth-order valence-electron chi connectivity index (χ4n) is 3.11. The minimum absolute atomic E-state index is 0.124. The molecule has 2 aromatic rings. The quantitative estimate of drug-likeness (QED) is 0.641. The molecule has 146 valence electrons. The minimum Gasteiger partial charge on any atom is -0.338 e. The molecule has 2 amide bonds. The Hall–Kier alpha value is -3.36. The highest BCUT2D eigenvalue weighted by atomic mass is 19.1. The molecule has 1 heterocycles. The summed E-state index contributed by atoms with van der Waals surface area (Å²) in [5.41, 5.74) is -0.304. The Labute approximate surface area is 159 Å². The molecule has 0 spiro atoms. The molecule has 3 rings (SSSR count). The summed E-state index contributed by atoms with van der Waals surface area (Å²) < 4.78 is 26.9. The zero-order chi connectivity index (χ0) is 20.3. The van der Waals surface area contributed by atoms with Crippen molar-refractivity contribution in [3.63, 3.8) is 0 Å². The Bertz CT molecular complexity index is 918. The van der Waals surface area contributed by atoms with Gasteiger partial charge < -0.3 is 10.2 Å². The maximum absolute atomic E-state index is 13.9. The van der Waals surface area contributed by atoms with E-state index in [2.05, 4.69) is 5.32 Å². The lowest BCUT2D eigenvalue weighted by Crippen LogP contribution is -2.43. The van der Waals surface area contributed by atoms with Crippen LogP contribution < -0.4 is 5.32 Å². The van der Waals surface area contributed by atoms with Gasteiger partial charge in [-0.3, -0.25) is 19.7 Å². The molecule has 0 aliphatic carbocycles. The number of non-ortho nitro benzene ring substituents is 1. The number of anilines is 1. The maximum Gasteiger partial charge on any atom is 0.271 e. The van der Waals surface area contributed by atoms with Crippen molar-refractivity contribution >= 4 is 23.2 Å². The number of likely N-dealkylation sites (tertiary alicyclic amines) is 1. The number of hydrogen-bond acceptors (Lipinski definition) is 4. The second-order valence-corrected chi connectivity index (χ2v) is 6.51. The van der Waals surface area contributed by atoms with Gasteiger partial charge in [0.25, 0.3) is 11.6 Å². The lowest BCUT2D eigenvalue weighted by molar-refractivity contribution is -0.384. The largest absolute Gasteiger partial charge is 0.338 e. The van der Waals surface area contributed by atoms with Crippen molar-refractivity contribution in [2.45, 2.75) is 12.8 Å². The van der Waals surface area contributed by atoms with Crippen LogP contribution in [0.2, 0.25) is 0 Å². The standard InChI is InChI=1S/C19H17F2N3O4/c20-14-5-3-12(4-6-14)19(26)23-9-1-2-13(11-23)18(25)22-17-10-15(24(27)28)7-8-16(17)21/h3-8,10,13H,1-2,9,11H2,(H,22,25). The van der Waals surface area contributed by atoms with Crippen molar-refractivity contribution in [3.8, 4) is 0 Å². The summed E-state index contributed by atoms with van der Waals surface area (Å²) >= 11 is 0. The lowest BCUT2D eigenvalue weighted by atomic mass is 9.96. The molecule has 2 aromatic carbocycles. The van der Waals surface area contributed by atoms with Gasteiger partial charge in [-0.15, -0.1) is 0 Å². The smallest absolute Gasteiger partial charge is 0.271 e.